The summed E-state index contributed by atoms with van der Waals surface area (Å²) >= 11 is 11.8. The Hall–Kier alpha value is -1.78. The monoisotopic (exact) mass is 311 g/mol. The van der Waals surface area contributed by atoms with Gasteiger partial charge in [-0.2, -0.15) is 0 Å². The second-order valence-corrected chi connectivity index (χ2v) is 4.75. The molecule has 1 aromatic heterocycles. The van der Waals surface area contributed by atoms with Crippen molar-refractivity contribution in [3.05, 3.63) is 58.0 Å². The molecule has 20 heavy (non-hydrogen) atoms. The van der Waals surface area contributed by atoms with Crippen LogP contribution in [0.3, 0.4) is 0 Å². The second kappa shape index (κ2) is 7.12. The lowest BCUT2D eigenvalue weighted by atomic mass is 10.2. The van der Waals surface area contributed by atoms with E-state index in [4.69, 9.17) is 32.5 Å². The zero-order chi connectivity index (χ0) is 14.4. The lowest BCUT2D eigenvalue weighted by molar-refractivity contribution is 0.0970. The molecule has 104 valence electrons. The molecule has 4 nitrogen and oxygen atoms in total. The first-order valence-electron chi connectivity index (χ1n) is 5.81. The number of rotatable bonds is 6. The van der Waals surface area contributed by atoms with E-state index in [9.17, 15) is 4.79 Å². The fourth-order valence-electron chi connectivity index (χ4n) is 1.46. The van der Waals surface area contributed by atoms with E-state index in [-0.39, 0.29) is 18.8 Å². The van der Waals surface area contributed by atoms with Crippen LogP contribution in [0, 0.1) is 0 Å². The molecule has 0 bridgehead atoms. The van der Waals surface area contributed by atoms with Crippen LogP contribution in [0.5, 0.6) is 0 Å². The number of carbonyl (C=O) groups is 1. The first kappa shape index (κ1) is 14.6. The Morgan fingerprint density at radius 3 is 2.90 bits per heavy atom. The largest absolute Gasteiger partial charge is 0.461 e. The summed E-state index contributed by atoms with van der Waals surface area (Å²) in [6, 6.07) is 8.37. The van der Waals surface area contributed by atoms with Crippen molar-refractivity contribution in [3.63, 3.8) is 0 Å². The van der Waals surface area contributed by atoms with Gasteiger partial charge in [-0.05, 0) is 24.3 Å². The summed E-state index contributed by atoms with van der Waals surface area (Å²) < 4.78 is 4.97. The molecule has 2 rings (SSSR count). The molecule has 0 radical (unpaired) electrons. The Balaban J connectivity index is 1.78. The molecule has 0 amide bonds. The number of hydrogen-bond donors (Lipinski definition) is 0. The molecule has 1 heterocycles. The summed E-state index contributed by atoms with van der Waals surface area (Å²) in [6.07, 6.45) is 2.94. The topological polar surface area (TPSA) is 51.8 Å². The van der Waals surface area contributed by atoms with Gasteiger partial charge in [-0.1, -0.05) is 34.4 Å². The number of oxime groups is 1. The average Bonchev–Trinajstić information content (AvgIpc) is 2.94. The Morgan fingerprint density at radius 1 is 1.35 bits per heavy atom. The third kappa shape index (κ3) is 4.11. The van der Waals surface area contributed by atoms with Crippen molar-refractivity contribution in [3.8, 4) is 0 Å². The van der Waals surface area contributed by atoms with Crippen molar-refractivity contribution >= 4 is 35.2 Å². The molecule has 0 N–H and O–H groups in total. The van der Waals surface area contributed by atoms with E-state index in [1.807, 2.05) is 0 Å². The number of carbonyl (C=O) groups excluding carboxylic acids is 1. The molecule has 0 aliphatic rings. The van der Waals surface area contributed by atoms with Crippen molar-refractivity contribution in [1.82, 2.24) is 0 Å². The summed E-state index contributed by atoms with van der Waals surface area (Å²) in [4.78, 5) is 16.6. The Labute approximate surface area is 125 Å². The first-order valence-corrected chi connectivity index (χ1v) is 6.57. The lowest BCUT2D eigenvalue weighted by Gasteiger charge is -2.02. The number of benzene rings is 1. The van der Waals surface area contributed by atoms with E-state index in [2.05, 4.69) is 5.16 Å². The minimum absolute atomic E-state index is 0.113. The van der Waals surface area contributed by atoms with Gasteiger partial charge in [0.15, 0.2) is 5.76 Å². The third-order valence-electron chi connectivity index (χ3n) is 2.46. The molecule has 1 aromatic carbocycles. The van der Waals surface area contributed by atoms with Crippen LogP contribution in [-0.2, 0) is 11.4 Å². The normalized spacial score (nSPS) is 10.9. The molecule has 2 aromatic rings. The fourth-order valence-corrected chi connectivity index (χ4v) is 1.92. The average molecular weight is 312 g/mol. The number of nitrogens with zero attached hydrogens (tertiary/aromatic N) is 1. The number of halogens is 2. The van der Waals surface area contributed by atoms with E-state index < -0.39 is 0 Å². The van der Waals surface area contributed by atoms with Gasteiger partial charge in [-0.25, -0.2) is 0 Å². The van der Waals surface area contributed by atoms with Gasteiger partial charge in [0.1, 0.15) is 6.61 Å². The summed E-state index contributed by atoms with van der Waals surface area (Å²) in [5.41, 5.74) is 0.769. The molecule has 0 saturated carbocycles. The summed E-state index contributed by atoms with van der Waals surface area (Å²) in [7, 11) is 0. The molecule has 0 unspecified atom stereocenters. The lowest BCUT2D eigenvalue weighted by Crippen LogP contribution is -1.98. The van der Waals surface area contributed by atoms with Gasteiger partial charge < -0.3 is 9.25 Å². The molecule has 6 heteroatoms. The van der Waals surface area contributed by atoms with E-state index in [0.717, 1.165) is 5.56 Å². The van der Waals surface area contributed by atoms with Gasteiger partial charge in [0.25, 0.3) is 0 Å². The van der Waals surface area contributed by atoms with Crippen molar-refractivity contribution in [2.75, 3.05) is 0 Å². The van der Waals surface area contributed by atoms with E-state index >= 15 is 0 Å². The van der Waals surface area contributed by atoms with Crippen LogP contribution in [-0.4, -0.2) is 12.0 Å². The zero-order valence-corrected chi connectivity index (χ0v) is 11.9. The maximum atomic E-state index is 11.6. The van der Waals surface area contributed by atoms with Crippen molar-refractivity contribution in [2.45, 2.75) is 13.0 Å². The second-order valence-electron chi connectivity index (χ2n) is 3.90. The van der Waals surface area contributed by atoms with Gasteiger partial charge >= 0.3 is 0 Å². The van der Waals surface area contributed by atoms with Crippen LogP contribution in [0.15, 0.2) is 46.2 Å². The molecule has 0 aliphatic heterocycles. The van der Waals surface area contributed by atoms with Gasteiger partial charge in [-0.3, -0.25) is 4.79 Å². The quantitative estimate of drug-likeness (QED) is 0.452. The predicted molar refractivity (Wildman–Crippen MR) is 77.4 cm³/mol. The first-order chi connectivity index (χ1) is 9.66. The van der Waals surface area contributed by atoms with Crippen LogP contribution >= 0.6 is 23.2 Å². The highest BCUT2D eigenvalue weighted by Gasteiger charge is 2.06. The minimum Gasteiger partial charge on any atom is -0.461 e. The minimum atomic E-state index is -0.160. The summed E-state index contributed by atoms with van der Waals surface area (Å²) in [5, 5.41) is 4.78. The van der Waals surface area contributed by atoms with Crippen LogP contribution < -0.4 is 0 Å². The van der Waals surface area contributed by atoms with Crippen molar-refractivity contribution in [2.24, 2.45) is 5.16 Å². The van der Waals surface area contributed by atoms with Crippen LogP contribution in [0.4, 0.5) is 0 Å². The summed E-state index contributed by atoms with van der Waals surface area (Å²) in [6.45, 7) is 0.210. The van der Waals surface area contributed by atoms with Crippen LogP contribution in [0.1, 0.15) is 22.5 Å². The highest BCUT2D eigenvalue weighted by molar-refractivity contribution is 6.35. The molecular formula is C14H11Cl2NO3. The smallest absolute Gasteiger partial charge is 0.203 e. The van der Waals surface area contributed by atoms with Gasteiger partial charge in [0, 0.05) is 15.6 Å². The molecule has 0 fully saturated rings. The van der Waals surface area contributed by atoms with E-state index in [1.54, 1.807) is 30.3 Å². The summed E-state index contributed by atoms with van der Waals surface area (Å²) in [5.74, 6) is 0.143. The number of hydrogen-bond acceptors (Lipinski definition) is 4. The molecule has 0 aliphatic carbocycles. The highest BCUT2D eigenvalue weighted by atomic mass is 35.5. The maximum absolute atomic E-state index is 11.6. The van der Waals surface area contributed by atoms with E-state index in [0.29, 0.717) is 15.8 Å². The maximum Gasteiger partial charge on any atom is 0.203 e. The Bertz CT molecular complexity index is 609. The van der Waals surface area contributed by atoms with Gasteiger partial charge in [0.2, 0.25) is 5.78 Å². The number of Topliss-reactive ketones (excluding diaryl/α,β-unsaturated/α-hetero) is 1. The zero-order valence-electron chi connectivity index (χ0n) is 10.4. The van der Waals surface area contributed by atoms with Crippen molar-refractivity contribution < 1.29 is 14.0 Å². The molecule has 0 spiro atoms. The third-order valence-corrected chi connectivity index (χ3v) is 3.04. The molecule has 0 saturated heterocycles. The van der Waals surface area contributed by atoms with Crippen molar-refractivity contribution in [1.29, 1.82) is 0 Å². The van der Waals surface area contributed by atoms with E-state index in [1.165, 1.54) is 12.5 Å². The van der Waals surface area contributed by atoms with Crippen LogP contribution in [0.25, 0.3) is 0 Å². The predicted octanol–water partition coefficient (Wildman–Crippen LogP) is 4.36. The number of furan rings is 1. The molecular weight excluding hydrogens is 301 g/mol. The Kier molecular flexibility index (Phi) is 5.21. The highest BCUT2D eigenvalue weighted by Crippen LogP contribution is 2.21. The molecule has 0 atom stereocenters. The fraction of sp³-hybridized carbons (Fsp3) is 0.143. The Morgan fingerprint density at radius 2 is 2.20 bits per heavy atom. The van der Waals surface area contributed by atoms with Crippen LogP contribution in [0.2, 0.25) is 10.0 Å². The standard InChI is InChI=1S/C14H11Cl2NO3/c15-11-4-3-10(12(16)8-11)9-20-17-6-5-13(18)14-2-1-7-19-14/h1-4,6-8H,5,9H2. The van der Waals surface area contributed by atoms with Gasteiger partial charge in [0.05, 0.1) is 18.9 Å². The number of ketones is 1. The SMILES string of the molecule is O=C(CC=NOCc1ccc(Cl)cc1Cl)c1ccco1. The van der Waals surface area contributed by atoms with Gasteiger partial charge in [-0.15, -0.1) is 0 Å².